The smallest absolute Gasteiger partial charge is 0.255 e. The molecule has 0 aliphatic rings. The van der Waals surface area contributed by atoms with Crippen molar-refractivity contribution in [2.24, 2.45) is 0 Å². The number of carbonyl (C=O) groups is 2. The Morgan fingerprint density at radius 3 is 2.59 bits per heavy atom. The molecule has 27 heavy (non-hydrogen) atoms. The number of halogens is 1. The minimum Gasteiger partial charge on any atom is -0.322 e. The number of nitrogens with zero attached hydrogens (tertiary/aromatic N) is 2. The summed E-state index contributed by atoms with van der Waals surface area (Å²) in [6.07, 6.45) is 0. The summed E-state index contributed by atoms with van der Waals surface area (Å²) in [5, 5.41) is 14.4. The van der Waals surface area contributed by atoms with Gasteiger partial charge in [0.15, 0.2) is 0 Å². The number of hydrogen-bond acceptors (Lipinski definition) is 6. The molecule has 1 heterocycles. The molecule has 0 radical (unpaired) electrons. The Morgan fingerprint density at radius 2 is 1.89 bits per heavy atom. The molecule has 0 unspecified atom stereocenters. The van der Waals surface area contributed by atoms with Gasteiger partial charge in [0.1, 0.15) is 10.8 Å². The van der Waals surface area contributed by atoms with Gasteiger partial charge < -0.3 is 5.32 Å². The van der Waals surface area contributed by atoms with E-state index in [1.807, 2.05) is 13.0 Å². The Morgan fingerprint density at radius 1 is 1.11 bits per heavy atom. The maximum Gasteiger partial charge on any atom is 0.255 e. The fourth-order valence-corrected chi connectivity index (χ4v) is 3.48. The molecule has 0 saturated carbocycles. The Bertz CT molecular complexity index is 960. The normalized spacial score (nSPS) is 10.4. The number of aryl methyl sites for hydroxylation is 1. The maximum absolute atomic E-state index is 12.9. The Labute approximate surface area is 163 Å². The molecule has 3 rings (SSSR count). The van der Waals surface area contributed by atoms with Gasteiger partial charge >= 0.3 is 0 Å². The average Bonchev–Trinajstić information content (AvgIpc) is 3.05. The monoisotopic (exact) mass is 402 g/mol. The summed E-state index contributed by atoms with van der Waals surface area (Å²) in [6.45, 7) is 1.81. The summed E-state index contributed by atoms with van der Waals surface area (Å²) in [7, 11) is 0. The van der Waals surface area contributed by atoms with Gasteiger partial charge in [0.05, 0.1) is 5.75 Å². The molecule has 0 saturated heterocycles. The van der Waals surface area contributed by atoms with Crippen LogP contribution in [0, 0.1) is 12.7 Å². The van der Waals surface area contributed by atoms with Crippen LogP contribution in [0.4, 0.5) is 15.2 Å². The van der Waals surface area contributed by atoms with Gasteiger partial charge in [-0.25, -0.2) is 4.39 Å². The van der Waals surface area contributed by atoms with E-state index in [2.05, 4.69) is 20.8 Å². The van der Waals surface area contributed by atoms with E-state index in [1.165, 1.54) is 47.4 Å². The number of rotatable bonds is 6. The SMILES string of the molecule is Cc1nnc(NC(=O)CSc2cccc(NC(=O)c3ccc(F)cc3)c2)s1. The van der Waals surface area contributed by atoms with Gasteiger partial charge in [0.25, 0.3) is 5.91 Å². The van der Waals surface area contributed by atoms with Crippen molar-refractivity contribution in [2.75, 3.05) is 16.4 Å². The molecule has 1 aromatic heterocycles. The van der Waals surface area contributed by atoms with Crippen LogP contribution in [0.1, 0.15) is 15.4 Å². The predicted molar refractivity (Wildman–Crippen MR) is 105 cm³/mol. The molecular weight excluding hydrogens is 387 g/mol. The summed E-state index contributed by atoms with van der Waals surface area (Å²) in [4.78, 5) is 25.0. The second-order valence-electron chi connectivity index (χ2n) is 5.45. The Hall–Kier alpha value is -2.78. The first-order valence-corrected chi connectivity index (χ1v) is 9.69. The molecule has 2 N–H and O–H groups in total. The van der Waals surface area contributed by atoms with E-state index in [-0.39, 0.29) is 17.6 Å². The number of anilines is 2. The molecule has 3 aromatic rings. The van der Waals surface area contributed by atoms with Crippen LogP contribution in [-0.2, 0) is 4.79 Å². The van der Waals surface area contributed by atoms with Crippen LogP contribution in [-0.4, -0.2) is 27.8 Å². The zero-order valence-electron chi connectivity index (χ0n) is 14.2. The van der Waals surface area contributed by atoms with Gasteiger partial charge in [-0.3, -0.25) is 14.9 Å². The zero-order chi connectivity index (χ0) is 19.2. The van der Waals surface area contributed by atoms with Crippen molar-refractivity contribution in [3.8, 4) is 0 Å². The van der Waals surface area contributed by atoms with E-state index in [9.17, 15) is 14.0 Å². The molecule has 0 fully saturated rings. The number of benzene rings is 2. The zero-order valence-corrected chi connectivity index (χ0v) is 15.9. The predicted octanol–water partition coefficient (Wildman–Crippen LogP) is 3.97. The van der Waals surface area contributed by atoms with Crippen molar-refractivity contribution < 1.29 is 14.0 Å². The summed E-state index contributed by atoms with van der Waals surface area (Å²) < 4.78 is 12.9. The van der Waals surface area contributed by atoms with Gasteiger partial charge in [-0.1, -0.05) is 17.4 Å². The molecule has 0 spiro atoms. The third-order valence-corrected chi connectivity index (χ3v) is 5.09. The number of hydrogen-bond donors (Lipinski definition) is 2. The molecule has 0 aliphatic carbocycles. The lowest BCUT2D eigenvalue weighted by atomic mass is 10.2. The molecule has 2 amide bonds. The van der Waals surface area contributed by atoms with Crippen LogP contribution in [0.25, 0.3) is 0 Å². The van der Waals surface area contributed by atoms with Crippen molar-refractivity contribution in [3.63, 3.8) is 0 Å². The van der Waals surface area contributed by atoms with Crippen LogP contribution >= 0.6 is 23.1 Å². The number of carbonyl (C=O) groups excluding carboxylic acids is 2. The highest BCUT2D eigenvalue weighted by Gasteiger charge is 2.09. The summed E-state index contributed by atoms with van der Waals surface area (Å²) in [5.41, 5.74) is 0.954. The highest BCUT2D eigenvalue weighted by Crippen LogP contribution is 2.23. The average molecular weight is 402 g/mol. The van der Waals surface area contributed by atoms with Crippen molar-refractivity contribution in [1.29, 1.82) is 0 Å². The first-order chi connectivity index (χ1) is 13.0. The molecule has 9 heteroatoms. The van der Waals surface area contributed by atoms with Crippen LogP contribution < -0.4 is 10.6 Å². The first-order valence-electron chi connectivity index (χ1n) is 7.89. The number of amides is 2. The lowest BCUT2D eigenvalue weighted by molar-refractivity contribution is -0.113. The number of nitrogens with one attached hydrogen (secondary N) is 2. The van der Waals surface area contributed by atoms with E-state index in [4.69, 9.17) is 0 Å². The van der Waals surface area contributed by atoms with E-state index in [1.54, 1.807) is 18.2 Å². The summed E-state index contributed by atoms with van der Waals surface area (Å²) >= 11 is 2.65. The highest BCUT2D eigenvalue weighted by atomic mass is 32.2. The third kappa shape index (κ3) is 5.60. The van der Waals surface area contributed by atoms with Crippen molar-refractivity contribution in [1.82, 2.24) is 10.2 Å². The standard InChI is InChI=1S/C18H15FN4O2S2/c1-11-22-23-18(27-11)21-16(24)10-26-15-4-2-3-14(9-15)20-17(25)12-5-7-13(19)8-6-12/h2-9H,10H2,1H3,(H,20,25)(H,21,23,24). The molecule has 6 nitrogen and oxygen atoms in total. The van der Waals surface area contributed by atoms with Gasteiger partial charge in [0.2, 0.25) is 11.0 Å². The van der Waals surface area contributed by atoms with Crippen LogP contribution in [0.15, 0.2) is 53.4 Å². The maximum atomic E-state index is 12.9. The Kier molecular flexibility index (Phi) is 6.15. The summed E-state index contributed by atoms with van der Waals surface area (Å²) in [6, 6.07) is 12.5. The van der Waals surface area contributed by atoms with Crippen molar-refractivity contribution in [3.05, 3.63) is 64.9 Å². The fraction of sp³-hybridized carbons (Fsp3) is 0.111. The lowest BCUT2D eigenvalue weighted by Crippen LogP contribution is -2.14. The van der Waals surface area contributed by atoms with Crippen molar-refractivity contribution in [2.45, 2.75) is 11.8 Å². The van der Waals surface area contributed by atoms with E-state index in [0.29, 0.717) is 16.4 Å². The van der Waals surface area contributed by atoms with Gasteiger partial charge in [0, 0.05) is 16.1 Å². The molecular formula is C18H15FN4O2S2. The van der Waals surface area contributed by atoms with Gasteiger partial charge in [-0.2, -0.15) is 0 Å². The van der Waals surface area contributed by atoms with E-state index < -0.39 is 5.82 Å². The highest BCUT2D eigenvalue weighted by molar-refractivity contribution is 8.00. The molecule has 2 aromatic carbocycles. The number of thioether (sulfide) groups is 1. The second kappa shape index (κ2) is 8.74. The fourth-order valence-electron chi connectivity index (χ4n) is 2.12. The Balaban J connectivity index is 1.56. The van der Waals surface area contributed by atoms with Crippen LogP contribution in [0.5, 0.6) is 0 Å². The van der Waals surface area contributed by atoms with Gasteiger partial charge in [-0.15, -0.1) is 22.0 Å². The largest absolute Gasteiger partial charge is 0.322 e. The summed E-state index contributed by atoms with van der Waals surface area (Å²) in [5.74, 6) is -0.709. The van der Waals surface area contributed by atoms with Crippen molar-refractivity contribution >= 4 is 45.7 Å². The quantitative estimate of drug-likeness (QED) is 0.610. The third-order valence-electron chi connectivity index (χ3n) is 3.34. The number of aromatic nitrogens is 2. The minimum absolute atomic E-state index is 0.183. The molecule has 138 valence electrons. The molecule has 0 bridgehead atoms. The molecule has 0 atom stereocenters. The second-order valence-corrected chi connectivity index (χ2v) is 7.68. The lowest BCUT2D eigenvalue weighted by Gasteiger charge is -2.07. The van der Waals surface area contributed by atoms with Crippen LogP contribution in [0.3, 0.4) is 0 Å². The first kappa shape index (κ1) is 19.0. The van der Waals surface area contributed by atoms with Crippen LogP contribution in [0.2, 0.25) is 0 Å². The topological polar surface area (TPSA) is 84.0 Å². The van der Waals surface area contributed by atoms with E-state index >= 15 is 0 Å². The van der Waals surface area contributed by atoms with Gasteiger partial charge in [-0.05, 0) is 49.4 Å². The van der Waals surface area contributed by atoms with E-state index in [0.717, 1.165) is 9.90 Å². The minimum atomic E-state index is -0.396. The molecule has 0 aliphatic heterocycles.